The van der Waals surface area contributed by atoms with Gasteiger partial charge >= 0.3 is 6.18 Å². The number of rotatable bonds is 3. The Morgan fingerprint density at radius 3 is 1.92 bits per heavy atom. The van der Waals surface area contributed by atoms with Gasteiger partial charge in [-0.1, -0.05) is 35.5 Å². The molecule has 2 aromatic carbocycles. The number of ether oxygens (including phenoxy) is 1. The van der Waals surface area contributed by atoms with Gasteiger partial charge < -0.3 is 9.94 Å². The van der Waals surface area contributed by atoms with Crippen LogP contribution < -0.4 is 4.74 Å². The van der Waals surface area contributed by atoms with Gasteiger partial charge in [0.2, 0.25) is 0 Å². The number of hydrogen-bond acceptors (Lipinski definition) is 5. The third kappa shape index (κ3) is 6.43. The second kappa shape index (κ2) is 8.49. The summed E-state index contributed by atoms with van der Waals surface area (Å²) in [6.45, 7) is 0. The first-order chi connectivity index (χ1) is 11.6. The number of oxime groups is 1. The lowest BCUT2D eigenvalue weighted by Gasteiger charge is -2.07. The van der Waals surface area contributed by atoms with E-state index in [4.69, 9.17) is 14.5 Å². The fourth-order valence-corrected chi connectivity index (χ4v) is 2.10. The first kappa shape index (κ1) is 20.5. The quantitative estimate of drug-likeness (QED) is 0.370. The van der Waals surface area contributed by atoms with Gasteiger partial charge in [0.05, 0.1) is 12.0 Å². The molecule has 0 radical (unpaired) electrons. The summed E-state index contributed by atoms with van der Waals surface area (Å²) in [5, 5.41) is 10.4. The first-order valence-electron chi connectivity index (χ1n) is 6.56. The molecule has 0 unspecified atom stereocenters. The highest BCUT2D eigenvalue weighted by molar-refractivity contribution is 7.85. The summed E-state index contributed by atoms with van der Waals surface area (Å²) in [5.41, 5.74) is -1.44. The molecule has 0 saturated heterocycles. The van der Waals surface area contributed by atoms with Gasteiger partial charge in [0, 0.05) is 5.56 Å². The van der Waals surface area contributed by atoms with Crippen LogP contribution in [0.25, 0.3) is 0 Å². The molecule has 25 heavy (non-hydrogen) atoms. The van der Waals surface area contributed by atoms with E-state index in [0.29, 0.717) is 5.75 Å². The number of benzene rings is 2. The standard InChI is InChI=1S/C8H6F3NO.C7H8O4S/c9-8(10,11)7(12-13)6-4-2-1-3-5-6;1-11-6-2-4-7(5-3-6)12(8,9)10/h1-5,13H;2-5H,1H3,(H,8,9,10). The van der Waals surface area contributed by atoms with Gasteiger partial charge in [-0.3, -0.25) is 4.55 Å². The van der Waals surface area contributed by atoms with E-state index in [2.05, 4.69) is 5.16 Å². The predicted octanol–water partition coefficient (Wildman–Crippen LogP) is 3.37. The van der Waals surface area contributed by atoms with Crippen LogP contribution in [0.15, 0.2) is 64.6 Å². The summed E-state index contributed by atoms with van der Waals surface area (Å²) in [6.07, 6.45) is -4.63. The molecule has 0 bridgehead atoms. The molecule has 10 heteroatoms. The molecule has 0 aliphatic carbocycles. The lowest BCUT2D eigenvalue weighted by Crippen LogP contribution is -2.23. The van der Waals surface area contributed by atoms with E-state index in [0.717, 1.165) is 0 Å². The van der Waals surface area contributed by atoms with Crippen molar-refractivity contribution in [3.05, 3.63) is 60.2 Å². The zero-order valence-corrected chi connectivity index (χ0v) is 13.6. The molecule has 0 atom stereocenters. The normalized spacial score (nSPS) is 12.1. The van der Waals surface area contributed by atoms with Crippen molar-refractivity contribution in [2.24, 2.45) is 5.16 Å². The average Bonchev–Trinajstić information content (AvgIpc) is 2.55. The Bertz CT molecular complexity index is 803. The number of nitrogens with zero attached hydrogens (tertiary/aromatic N) is 1. The molecule has 0 fully saturated rings. The van der Waals surface area contributed by atoms with Crippen LogP contribution in [-0.2, 0) is 10.1 Å². The van der Waals surface area contributed by atoms with Gasteiger partial charge in [0.25, 0.3) is 10.1 Å². The molecule has 136 valence electrons. The Labute approximate surface area is 141 Å². The van der Waals surface area contributed by atoms with Crippen LogP contribution in [0.3, 0.4) is 0 Å². The van der Waals surface area contributed by atoms with Crippen LogP contribution in [0, 0.1) is 0 Å². The minimum atomic E-state index is -4.63. The summed E-state index contributed by atoms with van der Waals surface area (Å²) in [6, 6.07) is 12.4. The Kier molecular flexibility index (Phi) is 6.95. The van der Waals surface area contributed by atoms with Gasteiger partial charge in [0.15, 0.2) is 5.71 Å². The second-order valence-corrected chi connectivity index (χ2v) is 5.88. The predicted molar refractivity (Wildman–Crippen MR) is 83.6 cm³/mol. The molecule has 6 nitrogen and oxygen atoms in total. The maximum Gasteiger partial charge on any atom is 0.437 e. The number of halogens is 3. The molecule has 0 heterocycles. The second-order valence-electron chi connectivity index (χ2n) is 4.46. The Balaban J connectivity index is 0.000000251. The maximum atomic E-state index is 12.1. The molecule has 2 rings (SSSR count). The van der Waals surface area contributed by atoms with E-state index < -0.39 is 22.0 Å². The molecule has 2 aromatic rings. The largest absolute Gasteiger partial charge is 0.497 e. The van der Waals surface area contributed by atoms with Crippen molar-refractivity contribution in [3.63, 3.8) is 0 Å². The zero-order chi connectivity index (χ0) is 19.1. The van der Waals surface area contributed by atoms with Crippen LogP contribution in [0.4, 0.5) is 13.2 Å². The van der Waals surface area contributed by atoms with E-state index in [1.165, 1.54) is 55.6 Å². The van der Waals surface area contributed by atoms with E-state index >= 15 is 0 Å². The molecule has 2 N–H and O–H groups in total. The van der Waals surface area contributed by atoms with Crippen LogP contribution >= 0.6 is 0 Å². The minimum Gasteiger partial charge on any atom is -0.497 e. The average molecular weight is 377 g/mol. The SMILES string of the molecule is COc1ccc(S(=O)(=O)O)cc1.ON=C(c1ccccc1)C(F)(F)F. The third-order valence-electron chi connectivity index (χ3n) is 2.77. The monoisotopic (exact) mass is 377 g/mol. The fraction of sp³-hybridized carbons (Fsp3) is 0.133. The highest BCUT2D eigenvalue weighted by atomic mass is 32.2. The lowest BCUT2D eigenvalue weighted by molar-refractivity contribution is -0.0601. The van der Waals surface area contributed by atoms with E-state index in [-0.39, 0.29) is 10.5 Å². The zero-order valence-electron chi connectivity index (χ0n) is 12.8. The smallest absolute Gasteiger partial charge is 0.437 e. The van der Waals surface area contributed by atoms with Crippen molar-refractivity contribution >= 4 is 15.8 Å². The third-order valence-corrected chi connectivity index (χ3v) is 3.64. The van der Waals surface area contributed by atoms with Crippen molar-refractivity contribution in [2.45, 2.75) is 11.1 Å². The minimum absolute atomic E-state index is 0.136. The van der Waals surface area contributed by atoms with Crippen LogP contribution in [0.2, 0.25) is 0 Å². The van der Waals surface area contributed by atoms with Crippen LogP contribution in [0.1, 0.15) is 5.56 Å². The van der Waals surface area contributed by atoms with Gasteiger partial charge in [-0.15, -0.1) is 0 Å². The summed E-state index contributed by atoms with van der Waals surface area (Å²) in [7, 11) is -2.61. The molecule has 0 aliphatic heterocycles. The highest BCUT2D eigenvalue weighted by Gasteiger charge is 2.37. The van der Waals surface area contributed by atoms with Gasteiger partial charge in [-0.2, -0.15) is 21.6 Å². The van der Waals surface area contributed by atoms with Crippen molar-refractivity contribution in [2.75, 3.05) is 7.11 Å². The van der Waals surface area contributed by atoms with E-state index in [1.807, 2.05) is 0 Å². The maximum absolute atomic E-state index is 12.1. The molecule has 0 aliphatic rings. The fourth-order valence-electron chi connectivity index (χ4n) is 1.62. The van der Waals surface area contributed by atoms with Crippen LogP contribution in [0.5, 0.6) is 5.75 Å². The summed E-state index contributed by atoms with van der Waals surface area (Å²) >= 11 is 0. The molecule has 0 amide bonds. The lowest BCUT2D eigenvalue weighted by atomic mass is 10.1. The molecule has 0 spiro atoms. The Morgan fingerprint density at radius 1 is 1.04 bits per heavy atom. The van der Waals surface area contributed by atoms with Gasteiger partial charge in [0.1, 0.15) is 5.75 Å². The summed E-state index contributed by atoms with van der Waals surface area (Å²) < 4.78 is 70.8. The van der Waals surface area contributed by atoms with Crippen molar-refractivity contribution in [1.82, 2.24) is 0 Å². The van der Waals surface area contributed by atoms with Crippen molar-refractivity contribution in [1.29, 1.82) is 0 Å². The highest BCUT2D eigenvalue weighted by Crippen LogP contribution is 2.22. The van der Waals surface area contributed by atoms with Crippen molar-refractivity contribution < 1.29 is 36.1 Å². The van der Waals surface area contributed by atoms with E-state index in [9.17, 15) is 21.6 Å². The molecular formula is C15H14F3NO5S. The van der Waals surface area contributed by atoms with Gasteiger partial charge in [-0.05, 0) is 24.3 Å². The van der Waals surface area contributed by atoms with Gasteiger partial charge in [-0.25, -0.2) is 0 Å². The number of hydrogen-bond donors (Lipinski definition) is 2. The summed E-state index contributed by atoms with van der Waals surface area (Å²) in [4.78, 5) is -0.136. The Morgan fingerprint density at radius 2 is 1.56 bits per heavy atom. The molecule has 0 aromatic heterocycles. The van der Waals surface area contributed by atoms with Crippen molar-refractivity contribution in [3.8, 4) is 5.75 Å². The Hall–Kier alpha value is -2.59. The molecule has 0 saturated carbocycles. The topological polar surface area (TPSA) is 96.2 Å². The van der Waals surface area contributed by atoms with E-state index in [1.54, 1.807) is 6.07 Å². The number of methoxy groups -OCH3 is 1. The first-order valence-corrected chi connectivity index (χ1v) is 8.00. The summed E-state index contributed by atoms with van der Waals surface area (Å²) in [5.74, 6) is 0.544. The number of alkyl halides is 3. The van der Waals surface area contributed by atoms with Crippen LogP contribution in [-0.4, -0.2) is 37.2 Å². The molecular weight excluding hydrogens is 363 g/mol.